The standard InChI is InChI=1S/C31H34O4/c1-3-19-32-21-23-34-28-13-9-26(10-14-28)31(18-17-25-7-5-6-8-30(25)31)27-11-15-29(16-12-27)35-24-22-33-20-4-2/h3-16,19-20H,17-18,21-24H2,1-2H3. The van der Waals surface area contributed by atoms with Crippen LogP contribution < -0.4 is 9.47 Å². The Labute approximate surface area is 208 Å². The number of hydrogen-bond donors (Lipinski definition) is 0. The van der Waals surface area contributed by atoms with Crippen LogP contribution in [0.15, 0.2) is 97.5 Å². The van der Waals surface area contributed by atoms with Crippen LogP contribution in [0, 0.1) is 0 Å². The van der Waals surface area contributed by atoms with E-state index in [9.17, 15) is 0 Å². The molecule has 0 atom stereocenters. The van der Waals surface area contributed by atoms with Gasteiger partial charge >= 0.3 is 0 Å². The van der Waals surface area contributed by atoms with E-state index in [-0.39, 0.29) is 5.41 Å². The molecular formula is C31H34O4. The average Bonchev–Trinajstić information content (AvgIpc) is 3.30. The molecule has 35 heavy (non-hydrogen) atoms. The van der Waals surface area contributed by atoms with Crippen LogP contribution in [-0.4, -0.2) is 26.4 Å². The molecule has 0 spiro atoms. The Morgan fingerprint density at radius 1 is 0.657 bits per heavy atom. The minimum atomic E-state index is -0.197. The van der Waals surface area contributed by atoms with Gasteiger partial charge in [0.2, 0.25) is 0 Å². The second kappa shape index (κ2) is 12.2. The molecule has 4 rings (SSSR count). The topological polar surface area (TPSA) is 36.9 Å². The van der Waals surface area contributed by atoms with E-state index in [4.69, 9.17) is 18.9 Å². The molecule has 0 N–H and O–H groups in total. The maximum absolute atomic E-state index is 5.87. The van der Waals surface area contributed by atoms with Crippen molar-refractivity contribution in [3.8, 4) is 11.5 Å². The summed E-state index contributed by atoms with van der Waals surface area (Å²) in [6.07, 6.45) is 9.18. The molecule has 0 saturated carbocycles. The molecule has 0 radical (unpaired) electrons. The lowest BCUT2D eigenvalue weighted by Gasteiger charge is -2.32. The lowest BCUT2D eigenvalue weighted by atomic mass is 9.70. The third kappa shape index (κ3) is 5.71. The summed E-state index contributed by atoms with van der Waals surface area (Å²) in [7, 11) is 0. The molecule has 0 aromatic heterocycles. The summed E-state index contributed by atoms with van der Waals surface area (Å²) in [6.45, 7) is 5.94. The van der Waals surface area contributed by atoms with E-state index in [0.29, 0.717) is 26.4 Å². The van der Waals surface area contributed by atoms with E-state index < -0.39 is 0 Å². The van der Waals surface area contributed by atoms with Crippen molar-refractivity contribution in [2.75, 3.05) is 26.4 Å². The number of benzene rings is 3. The fourth-order valence-corrected chi connectivity index (χ4v) is 4.79. The Kier molecular flexibility index (Phi) is 8.50. The third-order valence-corrected chi connectivity index (χ3v) is 6.35. The van der Waals surface area contributed by atoms with Crippen LogP contribution in [0.1, 0.15) is 42.5 Å². The average molecular weight is 471 g/mol. The molecule has 1 aliphatic carbocycles. The van der Waals surface area contributed by atoms with Crippen LogP contribution in [0.3, 0.4) is 0 Å². The van der Waals surface area contributed by atoms with Crippen molar-refractivity contribution in [2.24, 2.45) is 0 Å². The first-order valence-electron chi connectivity index (χ1n) is 12.3. The van der Waals surface area contributed by atoms with Crippen molar-refractivity contribution >= 4 is 0 Å². The van der Waals surface area contributed by atoms with E-state index in [0.717, 1.165) is 24.3 Å². The van der Waals surface area contributed by atoms with Gasteiger partial charge in [-0.1, -0.05) is 60.7 Å². The fraction of sp³-hybridized carbons (Fsp3) is 0.290. The second-order valence-electron chi connectivity index (χ2n) is 8.49. The summed E-state index contributed by atoms with van der Waals surface area (Å²) in [6, 6.07) is 25.9. The molecule has 182 valence electrons. The SMILES string of the molecule is CC=COCCOc1ccc(C2(c3ccc(OCCOC=CC)cc3)CCc3ccccc32)cc1. The summed E-state index contributed by atoms with van der Waals surface area (Å²) in [5.74, 6) is 1.70. The normalized spacial score (nSPS) is 17.0. The molecule has 0 aliphatic heterocycles. The van der Waals surface area contributed by atoms with E-state index >= 15 is 0 Å². The second-order valence-corrected chi connectivity index (χ2v) is 8.49. The zero-order chi connectivity index (χ0) is 24.3. The zero-order valence-corrected chi connectivity index (χ0v) is 20.6. The monoisotopic (exact) mass is 470 g/mol. The first-order valence-corrected chi connectivity index (χ1v) is 12.3. The molecule has 4 heteroatoms. The van der Waals surface area contributed by atoms with Gasteiger partial charge in [-0.2, -0.15) is 0 Å². The Bertz CT molecular complexity index is 1050. The number of fused-ring (bicyclic) bond motifs is 1. The largest absolute Gasteiger partial charge is 0.498 e. The smallest absolute Gasteiger partial charge is 0.122 e. The van der Waals surface area contributed by atoms with Gasteiger partial charge in [-0.3, -0.25) is 0 Å². The summed E-state index contributed by atoms with van der Waals surface area (Å²) in [5.41, 5.74) is 5.14. The van der Waals surface area contributed by atoms with Crippen LogP contribution >= 0.6 is 0 Å². The Hall–Kier alpha value is -3.66. The van der Waals surface area contributed by atoms with E-state index in [2.05, 4.69) is 72.8 Å². The molecular weight excluding hydrogens is 436 g/mol. The van der Waals surface area contributed by atoms with Gasteiger partial charge in [0.05, 0.1) is 12.5 Å². The summed E-state index contributed by atoms with van der Waals surface area (Å²) >= 11 is 0. The van der Waals surface area contributed by atoms with Crippen molar-refractivity contribution in [1.29, 1.82) is 0 Å². The number of ether oxygens (including phenoxy) is 4. The lowest BCUT2D eigenvalue weighted by Crippen LogP contribution is -2.26. The summed E-state index contributed by atoms with van der Waals surface area (Å²) in [5, 5.41) is 0. The van der Waals surface area contributed by atoms with E-state index in [1.807, 2.05) is 26.0 Å². The van der Waals surface area contributed by atoms with Gasteiger partial charge in [-0.25, -0.2) is 0 Å². The Morgan fingerprint density at radius 2 is 1.17 bits per heavy atom. The van der Waals surface area contributed by atoms with Crippen molar-refractivity contribution in [3.05, 3.63) is 120 Å². The van der Waals surface area contributed by atoms with Crippen molar-refractivity contribution in [3.63, 3.8) is 0 Å². The van der Waals surface area contributed by atoms with E-state index in [1.54, 1.807) is 12.5 Å². The quantitative estimate of drug-likeness (QED) is 0.215. The highest BCUT2D eigenvalue weighted by molar-refractivity contribution is 5.57. The maximum Gasteiger partial charge on any atom is 0.122 e. The molecule has 0 amide bonds. The van der Waals surface area contributed by atoms with Gasteiger partial charge in [-0.05, 0) is 73.2 Å². The van der Waals surface area contributed by atoms with Gasteiger partial charge < -0.3 is 18.9 Å². The molecule has 0 heterocycles. The minimum absolute atomic E-state index is 0.197. The van der Waals surface area contributed by atoms with Crippen LogP contribution in [0.5, 0.6) is 11.5 Å². The number of allylic oxidation sites excluding steroid dienone is 2. The van der Waals surface area contributed by atoms with Crippen molar-refractivity contribution in [1.82, 2.24) is 0 Å². The van der Waals surface area contributed by atoms with Crippen molar-refractivity contribution < 1.29 is 18.9 Å². The predicted molar refractivity (Wildman–Crippen MR) is 140 cm³/mol. The first-order chi connectivity index (χ1) is 17.3. The predicted octanol–water partition coefficient (Wildman–Crippen LogP) is 6.83. The van der Waals surface area contributed by atoms with Crippen LogP contribution in [0.4, 0.5) is 0 Å². The highest BCUT2D eigenvalue weighted by Gasteiger charge is 2.41. The zero-order valence-electron chi connectivity index (χ0n) is 20.6. The van der Waals surface area contributed by atoms with Gasteiger partial charge in [0.15, 0.2) is 0 Å². The summed E-state index contributed by atoms with van der Waals surface area (Å²) < 4.78 is 22.4. The highest BCUT2D eigenvalue weighted by atomic mass is 16.5. The number of rotatable bonds is 12. The Morgan fingerprint density at radius 3 is 1.69 bits per heavy atom. The van der Waals surface area contributed by atoms with Crippen LogP contribution in [0.25, 0.3) is 0 Å². The molecule has 0 saturated heterocycles. The highest BCUT2D eigenvalue weighted by Crippen LogP contribution is 2.49. The third-order valence-electron chi connectivity index (χ3n) is 6.35. The molecule has 0 bridgehead atoms. The first kappa shape index (κ1) is 24.5. The van der Waals surface area contributed by atoms with Gasteiger partial charge in [0.1, 0.15) is 37.9 Å². The molecule has 0 fully saturated rings. The van der Waals surface area contributed by atoms with Crippen LogP contribution in [0.2, 0.25) is 0 Å². The van der Waals surface area contributed by atoms with Crippen molar-refractivity contribution in [2.45, 2.75) is 32.1 Å². The Balaban J connectivity index is 1.55. The van der Waals surface area contributed by atoms with E-state index in [1.165, 1.54) is 22.3 Å². The molecule has 3 aromatic carbocycles. The minimum Gasteiger partial charge on any atom is -0.498 e. The fourth-order valence-electron chi connectivity index (χ4n) is 4.79. The number of aryl methyl sites for hydroxylation is 1. The molecule has 0 unspecified atom stereocenters. The summed E-state index contributed by atoms with van der Waals surface area (Å²) in [4.78, 5) is 0. The van der Waals surface area contributed by atoms with Gasteiger partial charge in [0.25, 0.3) is 0 Å². The number of hydrogen-bond acceptors (Lipinski definition) is 4. The maximum atomic E-state index is 5.87. The van der Waals surface area contributed by atoms with Gasteiger partial charge in [-0.15, -0.1) is 0 Å². The molecule has 1 aliphatic rings. The van der Waals surface area contributed by atoms with Crippen LogP contribution in [-0.2, 0) is 21.3 Å². The molecule has 4 nitrogen and oxygen atoms in total. The molecule has 3 aromatic rings. The van der Waals surface area contributed by atoms with Gasteiger partial charge in [0, 0.05) is 5.41 Å². The lowest BCUT2D eigenvalue weighted by molar-refractivity contribution is 0.178.